The Morgan fingerprint density at radius 2 is 2.10 bits per heavy atom. The first-order valence-corrected chi connectivity index (χ1v) is 7.34. The third-order valence-corrected chi connectivity index (χ3v) is 3.13. The third-order valence-electron chi connectivity index (χ3n) is 2.87. The number of rotatable bonds is 3. The quantitative estimate of drug-likeness (QED) is 0.797. The Morgan fingerprint density at radius 3 is 2.81 bits per heavy atom. The summed E-state index contributed by atoms with van der Waals surface area (Å²) >= 11 is 5.84. The fourth-order valence-corrected chi connectivity index (χ4v) is 1.97. The van der Waals surface area contributed by atoms with Crippen molar-refractivity contribution in [2.75, 3.05) is 6.54 Å². The molecule has 0 amide bonds. The van der Waals surface area contributed by atoms with Crippen molar-refractivity contribution in [3.8, 4) is 12.0 Å². The molecule has 1 aromatic carbocycles. The lowest BCUT2D eigenvalue weighted by Crippen LogP contribution is -2.29. The fourth-order valence-electron chi connectivity index (χ4n) is 1.85. The monoisotopic (exact) mass is 300 g/mol. The number of carbonyl (C=O) groups is 1. The molecule has 0 saturated carbocycles. The average Bonchev–Trinajstić information content (AvgIpc) is 2.46. The number of hydrogen-bond acceptors (Lipinski definition) is 3. The predicted molar refractivity (Wildman–Crippen MR) is 86.9 cm³/mol. The molecule has 0 spiro atoms. The first-order chi connectivity index (χ1) is 10.2. The lowest BCUT2D eigenvalue weighted by molar-refractivity contribution is -0.118. The van der Waals surface area contributed by atoms with Gasteiger partial charge in [-0.05, 0) is 30.2 Å². The van der Waals surface area contributed by atoms with Crippen molar-refractivity contribution < 1.29 is 4.79 Å². The molecule has 1 heterocycles. The van der Waals surface area contributed by atoms with Gasteiger partial charge in [0.15, 0.2) is 5.78 Å². The lowest BCUT2D eigenvalue weighted by atomic mass is 10.1. The lowest BCUT2D eigenvalue weighted by Gasteiger charge is -2.17. The second-order valence-electron chi connectivity index (χ2n) is 4.79. The van der Waals surface area contributed by atoms with E-state index in [9.17, 15) is 4.79 Å². The van der Waals surface area contributed by atoms with Gasteiger partial charge in [-0.2, -0.15) is 5.10 Å². The molecule has 0 bridgehead atoms. The van der Waals surface area contributed by atoms with E-state index in [1.807, 2.05) is 36.4 Å². The van der Waals surface area contributed by atoms with Crippen LogP contribution in [-0.2, 0) is 4.79 Å². The molecular formula is C17H17ClN2O. The molecule has 0 aliphatic carbocycles. The van der Waals surface area contributed by atoms with Gasteiger partial charge < -0.3 is 0 Å². The number of benzene rings is 1. The van der Waals surface area contributed by atoms with Gasteiger partial charge >= 0.3 is 0 Å². The van der Waals surface area contributed by atoms with Gasteiger partial charge in [0.05, 0.1) is 12.1 Å². The van der Waals surface area contributed by atoms with Crippen LogP contribution in [0.2, 0.25) is 5.02 Å². The Bertz CT molecular complexity index is 620. The molecule has 0 fully saturated rings. The van der Waals surface area contributed by atoms with Crippen molar-refractivity contribution in [3.05, 3.63) is 40.9 Å². The van der Waals surface area contributed by atoms with Gasteiger partial charge in [0.2, 0.25) is 0 Å². The molecule has 0 unspecified atom stereocenters. The van der Waals surface area contributed by atoms with Crippen LogP contribution >= 0.6 is 11.6 Å². The van der Waals surface area contributed by atoms with Crippen LogP contribution in [0.5, 0.6) is 0 Å². The normalized spacial score (nSPS) is 14.9. The van der Waals surface area contributed by atoms with Crippen molar-refractivity contribution in [1.29, 1.82) is 0 Å². The second kappa shape index (κ2) is 7.66. The number of carbonyl (C=O) groups excluding carboxylic acids is 1. The minimum absolute atomic E-state index is 0.131. The fraction of sp³-hybridized carbons (Fsp3) is 0.294. The summed E-state index contributed by atoms with van der Waals surface area (Å²) < 4.78 is 0. The molecule has 0 atom stereocenters. The maximum absolute atomic E-state index is 11.7. The number of allylic oxidation sites excluding steroid dienone is 1. The van der Waals surface area contributed by atoms with Crippen LogP contribution in [0.25, 0.3) is 6.08 Å². The zero-order chi connectivity index (χ0) is 15.1. The first-order valence-electron chi connectivity index (χ1n) is 6.96. The first kappa shape index (κ1) is 15.3. The molecule has 108 valence electrons. The van der Waals surface area contributed by atoms with E-state index in [4.69, 9.17) is 11.6 Å². The number of halogens is 1. The van der Waals surface area contributed by atoms with E-state index in [0.717, 1.165) is 24.1 Å². The largest absolute Gasteiger partial charge is 0.297 e. The van der Waals surface area contributed by atoms with Crippen molar-refractivity contribution in [3.63, 3.8) is 0 Å². The van der Waals surface area contributed by atoms with Gasteiger partial charge in [0.25, 0.3) is 0 Å². The Labute approximate surface area is 130 Å². The Kier molecular flexibility index (Phi) is 5.59. The smallest absolute Gasteiger partial charge is 0.161 e. The minimum atomic E-state index is 0.131. The summed E-state index contributed by atoms with van der Waals surface area (Å²) in [5.74, 6) is 3.13. The summed E-state index contributed by atoms with van der Waals surface area (Å²) in [4.78, 5) is 11.7. The number of nitrogens with zero attached hydrogens (tertiary/aromatic N) is 2. The van der Waals surface area contributed by atoms with E-state index in [1.54, 1.807) is 0 Å². The zero-order valence-electron chi connectivity index (χ0n) is 12.0. The number of ketones is 1. The van der Waals surface area contributed by atoms with E-state index >= 15 is 0 Å². The molecule has 0 saturated heterocycles. The average molecular weight is 301 g/mol. The number of unbranched alkanes of at least 4 members (excludes halogenated alkanes) is 1. The Morgan fingerprint density at radius 1 is 1.33 bits per heavy atom. The van der Waals surface area contributed by atoms with E-state index in [0.29, 0.717) is 11.4 Å². The van der Waals surface area contributed by atoms with Crippen molar-refractivity contribution in [1.82, 2.24) is 5.01 Å². The molecule has 0 aromatic heterocycles. The molecule has 3 nitrogen and oxygen atoms in total. The van der Waals surface area contributed by atoms with Crippen LogP contribution < -0.4 is 0 Å². The molecule has 1 aliphatic heterocycles. The molecule has 0 N–H and O–H groups in total. The molecule has 0 radical (unpaired) electrons. The standard InChI is InChI=1S/C17H17ClN2O/c1-2-3-4-11-20-13-17(21)12-16(19-20)10-7-14-5-8-15(18)9-6-14/h5-10H,2-3,12-13H2,1H3. The van der Waals surface area contributed by atoms with Crippen LogP contribution in [-0.4, -0.2) is 23.0 Å². The van der Waals surface area contributed by atoms with Crippen LogP contribution in [0.3, 0.4) is 0 Å². The van der Waals surface area contributed by atoms with E-state index in [1.165, 1.54) is 5.01 Å². The van der Waals surface area contributed by atoms with Gasteiger partial charge in [0, 0.05) is 17.5 Å². The summed E-state index contributed by atoms with van der Waals surface area (Å²) in [6.07, 6.45) is 5.95. The van der Waals surface area contributed by atoms with Gasteiger partial charge in [-0.1, -0.05) is 42.7 Å². The maximum atomic E-state index is 11.7. The molecule has 4 heteroatoms. The number of Topliss-reactive ketones (excluding diaryl/α,β-unsaturated/α-hetero) is 1. The van der Waals surface area contributed by atoms with Crippen molar-refractivity contribution >= 4 is 29.2 Å². The zero-order valence-corrected chi connectivity index (χ0v) is 12.7. The highest BCUT2D eigenvalue weighted by atomic mass is 35.5. The highest BCUT2D eigenvalue weighted by Crippen LogP contribution is 2.12. The Balaban J connectivity index is 2.08. The van der Waals surface area contributed by atoms with Gasteiger partial charge in [-0.3, -0.25) is 4.79 Å². The molecule has 1 aromatic rings. The van der Waals surface area contributed by atoms with Crippen LogP contribution in [0.4, 0.5) is 0 Å². The Hall–Kier alpha value is -2.05. The van der Waals surface area contributed by atoms with Crippen LogP contribution in [0.1, 0.15) is 31.7 Å². The molecular weight excluding hydrogens is 284 g/mol. The number of hydrogen-bond donors (Lipinski definition) is 0. The number of hydrazone groups is 1. The van der Waals surface area contributed by atoms with Gasteiger partial charge in [-0.25, -0.2) is 5.01 Å². The summed E-state index contributed by atoms with van der Waals surface area (Å²) in [6.45, 7) is 2.34. The third kappa shape index (κ3) is 5.09. The van der Waals surface area contributed by atoms with Gasteiger partial charge in [0.1, 0.15) is 6.54 Å². The SMILES string of the molecule is CCCC#CN1CC(=O)CC(C=Cc2ccc(Cl)cc2)=N1. The van der Waals surface area contributed by atoms with Crippen LogP contribution in [0.15, 0.2) is 35.4 Å². The predicted octanol–water partition coefficient (Wildman–Crippen LogP) is 3.75. The van der Waals surface area contributed by atoms with E-state index in [2.05, 4.69) is 24.0 Å². The van der Waals surface area contributed by atoms with Crippen molar-refractivity contribution in [2.45, 2.75) is 26.2 Å². The summed E-state index contributed by atoms with van der Waals surface area (Å²) in [5, 5.41) is 6.61. The van der Waals surface area contributed by atoms with Gasteiger partial charge in [-0.15, -0.1) is 0 Å². The summed E-state index contributed by atoms with van der Waals surface area (Å²) in [6, 6.07) is 10.4. The molecule has 1 aliphatic rings. The molecule has 21 heavy (non-hydrogen) atoms. The van der Waals surface area contributed by atoms with E-state index in [-0.39, 0.29) is 12.3 Å². The van der Waals surface area contributed by atoms with Crippen molar-refractivity contribution in [2.24, 2.45) is 5.10 Å². The van der Waals surface area contributed by atoms with E-state index < -0.39 is 0 Å². The maximum Gasteiger partial charge on any atom is 0.161 e. The summed E-state index contributed by atoms with van der Waals surface area (Å²) in [7, 11) is 0. The summed E-state index contributed by atoms with van der Waals surface area (Å²) in [5.41, 5.74) is 1.75. The van der Waals surface area contributed by atoms with Crippen LogP contribution in [0, 0.1) is 12.0 Å². The highest BCUT2D eigenvalue weighted by Gasteiger charge is 2.16. The minimum Gasteiger partial charge on any atom is -0.297 e. The topological polar surface area (TPSA) is 32.7 Å². The molecule has 2 rings (SSSR count). The second-order valence-corrected chi connectivity index (χ2v) is 5.22. The highest BCUT2D eigenvalue weighted by molar-refractivity contribution is 6.30.